The Balaban J connectivity index is 1.40. The summed E-state index contributed by atoms with van der Waals surface area (Å²) in [5, 5.41) is 17.7. The lowest BCUT2D eigenvalue weighted by atomic mass is 9.98. The fourth-order valence-electron chi connectivity index (χ4n) is 3.56. The van der Waals surface area contributed by atoms with E-state index in [9.17, 15) is 9.59 Å². The number of urea groups is 1. The first kappa shape index (κ1) is 24.5. The smallest absolute Gasteiger partial charge is 0.319 e. The summed E-state index contributed by atoms with van der Waals surface area (Å²) in [5.41, 5.74) is 2.66. The normalized spacial score (nSPS) is 13.9. The molecule has 2 atom stereocenters. The summed E-state index contributed by atoms with van der Waals surface area (Å²) < 4.78 is 10.8. The van der Waals surface area contributed by atoms with Crippen molar-refractivity contribution in [1.82, 2.24) is 15.5 Å². The van der Waals surface area contributed by atoms with Gasteiger partial charge >= 0.3 is 6.03 Å². The van der Waals surface area contributed by atoms with E-state index in [1.54, 1.807) is 0 Å². The number of carbonyl (C=O) groups excluding carboxylic acids is 2. The highest BCUT2D eigenvalue weighted by molar-refractivity contribution is 7.18. The SMILES string of the molecule is CCC(C)C(NC(=O)Nc1ccc(C(C)C)cc1)C(=O)Nc1nnc(-c2ccc3c(c2)OCO3)s1. The molecule has 0 radical (unpaired) electrons. The van der Waals surface area contributed by atoms with Gasteiger partial charge in [-0.15, -0.1) is 10.2 Å². The van der Waals surface area contributed by atoms with Crippen LogP contribution in [0.25, 0.3) is 10.6 Å². The van der Waals surface area contributed by atoms with E-state index in [-0.39, 0.29) is 18.6 Å². The van der Waals surface area contributed by atoms with Gasteiger partial charge < -0.3 is 20.1 Å². The minimum absolute atomic E-state index is 0.0923. The quantitative estimate of drug-likeness (QED) is 0.394. The second-order valence-electron chi connectivity index (χ2n) is 8.71. The van der Waals surface area contributed by atoms with Gasteiger partial charge in [-0.2, -0.15) is 0 Å². The third kappa shape index (κ3) is 5.89. The number of nitrogens with one attached hydrogen (secondary N) is 3. The Labute approximate surface area is 208 Å². The van der Waals surface area contributed by atoms with Crippen molar-refractivity contribution < 1.29 is 19.1 Å². The Morgan fingerprint density at radius 1 is 1.00 bits per heavy atom. The molecule has 1 aliphatic heterocycles. The highest BCUT2D eigenvalue weighted by atomic mass is 32.1. The van der Waals surface area contributed by atoms with Crippen molar-refractivity contribution >= 4 is 34.1 Å². The Morgan fingerprint density at radius 2 is 1.74 bits per heavy atom. The number of hydrogen-bond acceptors (Lipinski definition) is 7. The summed E-state index contributed by atoms with van der Waals surface area (Å²) >= 11 is 1.24. The van der Waals surface area contributed by atoms with Crippen LogP contribution in [0.15, 0.2) is 42.5 Å². The van der Waals surface area contributed by atoms with Gasteiger partial charge in [0.2, 0.25) is 17.8 Å². The van der Waals surface area contributed by atoms with Gasteiger partial charge in [-0.25, -0.2) is 4.79 Å². The molecule has 1 aliphatic rings. The molecule has 1 aromatic heterocycles. The highest BCUT2D eigenvalue weighted by Crippen LogP contribution is 2.37. The number of amides is 3. The van der Waals surface area contributed by atoms with Crippen LogP contribution < -0.4 is 25.4 Å². The molecular formula is C25H29N5O4S. The lowest BCUT2D eigenvalue weighted by molar-refractivity contribution is -0.119. The molecule has 184 valence electrons. The highest BCUT2D eigenvalue weighted by Gasteiger charge is 2.27. The zero-order valence-electron chi connectivity index (χ0n) is 20.1. The topological polar surface area (TPSA) is 114 Å². The Morgan fingerprint density at radius 3 is 2.46 bits per heavy atom. The van der Waals surface area contributed by atoms with E-state index in [1.165, 1.54) is 16.9 Å². The minimum atomic E-state index is -0.743. The fraction of sp³-hybridized carbons (Fsp3) is 0.360. The second kappa shape index (κ2) is 10.7. The molecule has 0 spiro atoms. The maximum Gasteiger partial charge on any atom is 0.319 e. The molecule has 10 heteroatoms. The van der Waals surface area contributed by atoms with Crippen LogP contribution in [0.2, 0.25) is 0 Å². The van der Waals surface area contributed by atoms with E-state index in [4.69, 9.17) is 9.47 Å². The van der Waals surface area contributed by atoms with Crippen LogP contribution in [-0.2, 0) is 4.79 Å². The number of rotatable bonds is 8. The van der Waals surface area contributed by atoms with E-state index in [0.29, 0.717) is 39.7 Å². The summed E-state index contributed by atoms with van der Waals surface area (Å²) in [6.07, 6.45) is 0.708. The third-order valence-electron chi connectivity index (χ3n) is 5.89. The molecule has 0 saturated carbocycles. The van der Waals surface area contributed by atoms with Gasteiger partial charge in [-0.1, -0.05) is 57.6 Å². The molecule has 0 fully saturated rings. The summed E-state index contributed by atoms with van der Waals surface area (Å²) in [6.45, 7) is 8.30. The summed E-state index contributed by atoms with van der Waals surface area (Å²) in [7, 11) is 0. The standard InChI is InChI=1S/C25H29N5O4S/c1-5-15(4)21(27-24(32)26-18-9-6-16(7-10-18)14(2)3)22(31)28-25-30-29-23(35-25)17-8-11-19-20(12-17)34-13-33-19/h6-12,14-15,21H,5,13H2,1-4H3,(H2,26,27,32)(H,28,30,31). The summed E-state index contributed by atoms with van der Waals surface area (Å²) in [4.78, 5) is 25.7. The number of benzene rings is 2. The number of ether oxygens (including phenoxy) is 2. The largest absolute Gasteiger partial charge is 0.454 e. The van der Waals surface area contributed by atoms with Crippen molar-refractivity contribution in [2.75, 3.05) is 17.4 Å². The van der Waals surface area contributed by atoms with Crippen LogP contribution in [0.1, 0.15) is 45.6 Å². The third-order valence-corrected chi connectivity index (χ3v) is 6.78. The van der Waals surface area contributed by atoms with Crippen LogP contribution in [0.5, 0.6) is 11.5 Å². The van der Waals surface area contributed by atoms with Crippen molar-refractivity contribution in [2.24, 2.45) is 5.92 Å². The monoisotopic (exact) mass is 495 g/mol. The molecule has 2 heterocycles. The molecule has 35 heavy (non-hydrogen) atoms. The molecule has 0 bridgehead atoms. The van der Waals surface area contributed by atoms with Crippen LogP contribution >= 0.6 is 11.3 Å². The van der Waals surface area contributed by atoms with Crippen molar-refractivity contribution in [3.8, 4) is 22.1 Å². The predicted molar refractivity (Wildman–Crippen MR) is 136 cm³/mol. The average Bonchev–Trinajstić information content (AvgIpc) is 3.51. The van der Waals surface area contributed by atoms with E-state index < -0.39 is 12.1 Å². The van der Waals surface area contributed by atoms with Crippen LogP contribution in [0.3, 0.4) is 0 Å². The van der Waals surface area contributed by atoms with Gasteiger partial charge in [0.25, 0.3) is 0 Å². The first-order valence-electron chi connectivity index (χ1n) is 11.6. The Kier molecular flexibility index (Phi) is 7.50. The van der Waals surface area contributed by atoms with Gasteiger partial charge in [-0.05, 0) is 47.7 Å². The second-order valence-corrected chi connectivity index (χ2v) is 9.69. The summed E-state index contributed by atoms with van der Waals surface area (Å²) in [5.74, 6) is 1.29. The van der Waals surface area contributed by atoms with Gasteiger partial charge in [0, 0.05) is 11.3 Å². The maximum absolute atomic E-state index is 13.1. The van der Waals surface area contributed by atoms with E-state index in [1.807, 2.05) is 56.3 Å². The molecule has 3 N–H and O–H groups in total. The zero-order valence-corrected chi connectivity index (χ0v) is 20.9. The molecule has 0 saturated heterocycles. The lowest BCUT2D eigenvalue weighted by Crippen LogP contribution is -2.49. The van der Waals surface area contributed by atoms with Gasteiger partial charge in [0.05, 0.1) is 0 Å². The van der Waals surface area contributed by atoms with E-state index in [0.717, 1.165) is 5.56 Å². The van der Waals surface area contributed by atoms with Crippen molar-refractivity contribution in [2.45, 2.75) is 46.1 Å². The summed E-state index contributed by atoms with van der Waals surface area (Å²) in [6, 6.07) is 12.0. The first-order chi connectivity index (χ1) is 16.8. The average molecular weight is 496 g/mol. The number of carbonyl (C=O) groups is 2. The number of hydrogen-bond donors (Lipinski definition) is 3. The first-order valence-corrected chi connectivity index (χ1v) is 12.4. The zero-order chi connectivity index (χ0) is 24.9. The molecule has 2 aromatic carbocycles. The number of fused-ring (bicyclic) bond motifs is 1. The number of anilines is 2. The molecule has 2 unspecified atom stereocenters. The molecule has 9 nitrogen and oxygen atoms in total. The molecular weight excluding hydrogens is 466 g/mol. The van der Waals surface area contributed by atoms with E-state index >= 15 is 0 Å². The van der Waals surface area contributed by atoms with Crippen molar-refractivity contribution in [1.29, 1.82) is 0 Å². The molecule has 4 rings (SSSR count). The number of aromatic nitrogens is 2. The molecule has 3 aromatic rings. The lowest BCUT2D eigenvalue weighted by Gasteiger charge is -2.23. The van der Waals surface area contributed by atoms with Crippen molar-refractivity contribution in [3.05, 3.63) is 48.0 Å². The fourth-order valence-corrected chi connectivity index (χ4v) is 4.31. The van der Waals surface area contributed by atoms with Gasteiger partial charge in [0.15, 0.2) is 11.5 Å². The van der Waals surface area contributed by atoms with E-state index in [2.05, 4.69) is 40.0 Å². The minimum Gasteiger partial charge on any atom is -0.454 e. The maximum atomic E-state index is 13.1. The van der Waals surface area contributed by atoms with Crippen molar-refractivity contribution in [3.63, 3.8) is 0 Å². The number of nitrogens with zero attached hydrogens (tertiary/aromatic N) is 2. The van der Waals surface area contributed by atoms with Gasteiger partial charge in [0.1, 0.15) is 11.0 Å². The Bertz CT molecular complexity index is 1190. The Hall–Kier alpha value is -3.66. The predicted octanol–water partition coefficient (Wildman–Crippen LogP) is 5.23. The van der Waals surface area contributed by atoms with Crippen LogP contribution in [0.4, 0.5) is 15.6 Å². The molecule has 0 aliphatic carbocycles. The van der Waals surface area contributed by atoms with Crippen LogP contribution in [0, 0.1) is 5.92 Å². The molecule has 3 amide bonds. The van der Waals surface area contributed by atoms with Gasteiger partial charge in [-0.3, -0.25) is 10.1 Å². The van der Waals surface area contributed by atoms with Crippen LogP contribution in [-0.4, -0.2) is 35.0 Å².